The minimum Gasteiger partial charge on any atom is -0.267 e. The highest BCUT2D eigenvalue weighted by molar-refractivity contribution is 7.10. The van der Waals surface area contributed by atoms with Crippen molar-refractivity contribution >= 4 is 34.9 Å². The summed E-state index contributed by atoms with van der Waals surface area (Å²) in [6.07, 6.45) is -3.12. The Morgan fingerprint density at radius 1 is 1.13 bits per heavy atom. The number of carbonyl (C=O) groups is 2. The van der Waals surface area contributed by atoms with Crippen molar-refractivity contribution in [2.75, 3.05) is 5.01 Å². The SMILES string of the molecule is O=C1NN(c2cccc(C(F)(F)F)c2)C(=O)C1=Cc1cccs1. The number of hydrogen-bond donors (Lipinski definition) is 1. The van der Waals surface area contributed by atoms with Gasteiger partial charge in [0.15, 0.2) is 0 Å². The summed E-state index contributed by atoms with van der Waals surface area (Å²) in [7, 11) is 0. The van der Waals surface area contributed by atoms with E-state index in [0.29, 0.717) is 4.88 Å². The van der Waals surface area contributed by atoms with E-state index in [2.05, 4.69) is 5.43 Å². The molecule has 1 N–H and O–H groups in total. The molecule has 1 aliphatic heterocycles. The summed E-state index contributed by atoms with van der Waals surface area (Å²) < 4.78 is 38.3. The van der Waals surface area contributed by atoms with Crippen LogP contribution in [-0.4, -0.2) is 11.8 Å². The Hall–Kier alpha value is -2.61. The van der Waals surface area contributed by atoms with Crippen LogP contribution in [0.15, 0.2) is 47.4 Å². The largest absolute Gasteiger partial charge is 0.416 e. The molecule has 0 aliphatic carbocycles. The molecular weight excluding hydrogens is 329 g/mol. The molecule has 1 fully saturated rings. The zero-order valence-corrected chi connectivity index (χ0v) is 12.2. The third kappa shape index (κ3) is 2.98. The van der Waals surface area contributed by atoms with Gasteiger partial charge in [-0.1, -0.05) is 12.1 Å². The first-order valence-electron chi connectivity index (χ1n) is 6.44. The van der Waals surface area contributed by atoms with Gasteiger partial charge in [-0.15, -0.1) is 11.3 Å². The minimum absolute atomic E-state index is 0.0484. The Morgan fingerprint density at radius 2 is 1.91 bits per heavy atom. The van der Waals surface area contributed by atoms with Crippen molar-refractivity contribution in [2.45, 2.75) is 6.18 Å². The Bertz CT molecular complexity index is 797. The van der Waals surface area contributed by atoms with Crippen molar-refractivity contribution in [3.8, 4) is 0 Å². The van der Waals surface area contributed by atoms with Crippen molar-refractivity contribution in [1.82, 2.24) is 5.43 Å². The van der Waals surface area contributed by atoms with Gasteiger partial charge in [-0.2, -0.15) is 13.2 Å². The van der Waals surface area contributed by atoms with Crippen molar-refractivity contribution in [3.05, 3.63) is 57.8 Å². The molecular formula is C15H9F3N2O2S. The molecule has 0 atom stereocenters. The van der Waals surface area contributed by atoms with E-state index in [0.717, 1.165) is 17.1 Å². The average molecular weight is 338 g/mol. The number of nitrogens with one attached hydrogen (secondary N) is 1. The maximum Gasteiger partial charge on any atom is 0.416 e. The summed E-state index contributed by atoms with van der Waals surface area (Å²) in [5.74, 6) is -1.34. The monoisotopic (exact) mass is 338 g/mol. The summed E-state index contributed by atoms with van der Waals surface area (Å²) >= 11 is 1.34. The zero-order valence-electron chi connectivity index (χ0n) is 11.4. The number of benzene rings is 1. The van der Waals surface area contributed by atoms with Crippen LogP contribution >= 0.6 is 11.3 Å². The van der Waals surface area contributed by atoms with E-state index in [1.807, 2.05) is 0 Å². The van der Waals surface area contributed by atoms with Gasteiger partial charge in [0.1, 0.15) is 5.57 Å². The van der Waals surface area contributed by atoms with Crippen LogP contribution in [0.5, 0.6) is 0 Å². The van der Waals surface area contributed by atoms with E-state index in [-0.39, 0.29) is 11.3 Å². The number of hydrogen-bond acceptors (Lipinski definition) is 3. The van der Waals surface area contributed by atoms with Crippen LogP contribution in [0.25, 0.3) is 6.08 Å². The highest BCUT2D eigenvalue weighted by atomic mass is 32.1. The molecule has 0 unspecified atom stereocenters. The molecule has 1 aromatic heterocycles. The predicted molar refractivity (Wildman–Crippen MR) is 79.4 cm³/mol. The lowest BCUT2D eigenvalue weighted by atomic mass is 10.1. The lowest BCUT2D eigenvalue weighted by Gasteiger charge is -2.16. The van der Waals surface area contributed by atoms with Gasteiger partial charge in [-0.3, -0.25) is 15.0 Å². The minimum atomic E-state index is -4.53. The van der Waals surface area contributed by atoms with Crippen molar-refractivity contribution in [2.24, 2.45) is 0 Å². The van der Waals surface area contributed by atoms with Crippen molar-refractivity contribution in [1.29, 1.82) is 0 Å². The number of nitrogens with zero attached hydrogens (tertiary/aromatic N) is 1. The summed E-state index contributed by atoms with van der Waals surface area (Å²) in [5.41, 5.74) is 1.21. The van der Waals surface area contributed by atoms with Crippen molar-refractivity contribution in [3.63, 3.8) is 0 Å². The van der Waals surface area contributed by atoms with E-state index >= 15 is 0 Å². The fourth-order valence-corrected chi connectivity index (χ4v) is 2.73. The summed E-state index contributed by atoms with van der Waals surface area (Å²) in [6, 6.07) is 7.70. The van der Waals surface area contributed by atoms with E-state index in [4.69, 9.17) is 0 Å². The first-order chi connectivity index (χ1) is 10.9. The van der Waals surface area contributed by atoms with Crippen LogP contribution in [-0.2, 0) is 15.8 Å². The topological polar surface area (TPSA) is 49.4 Å². The second-order valence-corrected chi connectivity index (χ2v) is 5.68. The molecule has 1 aliphatic rings. The second kappa shape index (κ2) is 5.54. The quantitative estimate of drug-likeness (QED) is 0.675. The van der Waals surface area contributed by atoms with Crippen molar-refractivity contribution < 1.29 is 22.8 Å². The van der Waals surface area contributed by atoms with E-state index in [1.165, 1.54) is 29.5 Å². The highest BCUT2D eigenvalue weighted by Crippen LogP contribution is 2.32. The van der Waals surface area contributed by atoms with Gasteiger partial charge in [0.25, 0.3) is 11.8 Å². The summed E-state index contributed by atoms with van der Waals surface area (Å²) in [5, 5.41) is 2.60. The number of carbonyl (C=O) groups excluding carboxylic acids is 2. The number of amides is 2. The van der Waals surface area contributed by atoms with Gasteiger partial charge in [-0.05, 0) is 35.7 Å². The molecule has 8 heteroatoms. The number of alkyl halides is 3. The maximum atomic E-state index is 12.8. The molecule has 4 nitrogen and oxygen atoms in total. The summed E-state index contributed by atoms with van der Waals surface area (Å²) in [6.45, 7) is 0. The molecule has 0 spiro atoms. The first-order valence-corrected chi connectivity index (χ1v) is 7.32. The number of anilines is 1. The second-order valence-electron chi connectivity index (χ2n) is 4.70. The molecule has 0 bridgehead atoms. The molecule has 1 saturated heterocycles. The fraction of sp³-hybridized carbons (Fsp3) is 0.0667. The third-order valence-electron chi connectivity index (χ3n) is 3.15. The number of hydrazine groups is 1. The molecule has 2 aromatic rings. The van der Waals surface area contributed by atoms with Crippen LogP contribution in [0.3, 0.4) is 0 Å². The van der Waals surface area contributed by atoms with Crippen LogP contribution in [0.2, 0.25) is 0 Å². The van der Waals surface area contributed by atoms with Gasteiger partial charge >= 0.3 is 6.18 Å². The Labute approximate surface area is 132 Å². The number of thiophene rings is 1. The Morgan fingerprint density at radius 3 is 2.57 bits per heavy atom. The Kier molecular flexibility index (Phi) is 3.69. The van der Waals surface area contributed by atoms with E-state index in [9.17, 15) is 22.8 Å². The molecule has 1 aromatic carbocycles. The maximum absolute atomic E-state index is 12.8. The standard InChI is InChI=1S/C15H9F3N2O2S/c16-15(17,18)9-3-1-4-10(7-9)20-14(22)12(13(21)19-20)8-11-5-2-6-23-11/h1-8H,(H,19,21). The molecule has 0 radical (unpaired) electrons. The normalized spacial score (nSPS) is 17.0. The first kappa shape index (κ1) is 15.3. The zero-order chi connectivity index (χ0) is 16.6. The van der Waals surface area contributed by atoms with Crippen LogP contribution < -0.4 is 10.4 Å². The molecule has 3 rings (SSSR count). The van der Waals surface area contributed by atoms with E-state index in [1.54, 1.807) is 17.5 Å². The van der Waals surface area contributed by atoms with Gasteiger partial charge in [0.05, 0.1) is 11.3 Å². The van der Waals surface area contributed by atoms with Gasteiger partial charge in [0.2, 0.25) is 0 Å². The van der Waals surface area contributed by atoms with Gasteiger partial charge in [-0.25, -0.2) is 5.01 Å². The van der Waals surface area contributed by atoms with Gasteiger partial charge in [0, 0.05) is 4.88 Å². The lowest BCUT2D eigenvalue weighted by Crippen LogP contribution is -2.35. The molecule has 2 amide bonds. The smallest absolute Gasteiger partial charge is 0.267 e. The van der Waals surface area contributed by atoms with E-state index < -0.39 is 23.6 Å². The molecule has 118 valence electrons. The predicted octanol–water partition coefficient (Wildman–Crippen LogP) is 3.23. The number of rotatable bonds is 2. The molecule has 2 heterocycles. The fourth-order valence-electron chi connectivity index (χ4n) is 2.08. The molecule has 0 saturated carbocycles. The van der Waals surface area contributed by atoms with Crippen LogP contribution in [0.4, 0.5) is 18.9 Å². The van der Waals surface area contributed by atoms with Crippen LogP contribution in [0, 0.1) is 0 Å². The summed E-state index contributed by atoms with van der Waals surface area (Å²) in [4.78, 5) is 24.9. The third-order valence-corrected chi connectivity index (χ3v) is 3.97. The lowest BCUT2D eigenvalue weighted by molar-refractivity contribution is -0.137. The van der Waals surface area contributed by atoms with Crippen LogP contribution in [0.1, 0.15) is 10.4 Å². The number of halogens is 3. The molecule has 23 heavy (non-hydrogen) atoms. The Balaban J connectivity index is 1.94. The van der Waals surface area contributed by atoms with Gasteiger partial charge < -0.3 is 0 Å². The average Bonchev–Trinajstić information content (AvgIpc) is 3.10. The highest BCUT2D eigenvalue weighted by Gasteiger charge is 2.36.